The highest BCUT2D eigenvalue weighted by molar-refractivity contribution is 6.00. The van der Waals surface area contributed by atoms with Crippen molar-refractivity contribution in [1.82, 2.24) is 0 Å². The standard InChI is InChI=1S/C42H32F4N4/c1-25-15-30(44)21-33(18-25)47-36-9-5-6-10-37(36)48(34-19-26(2)16-31(45)22-34)41(47)42-49(35-20-27(3)17-32(46)23-35)38-11-7-8-12-39(38)50(42)40-24-29(43)14-13-28(40)4/h5-24H,1-4H3. The second-order valence-electron chi connectivity index (χ2n) is 12.9. The molecule has 2 aliphatic heterocycles. The predicted octanol–water partition coefficient (Wildman–Crippen LogP) is 11.9. The second kappa shape index (κ2) is 11.8. The zero-order valence-corrected chi connectivity index (χ0v) is 27.8. The third-order valence-electron chi connectivity index (χ3n) is 9.04. The van der Waals surface area contributed by atoms with Crippen molar-refractivity contribution in [3.05, 3.63) is 178 Å². The highest BCUT2D eigenvalue weighted by Crippen LogP contribution is 2.57. The fourth-order valence-corrected chi connectivity index (χ4v) is 7.13. The number of benzene rings is 6. The topological polar surface area (TPSA) is 13.0 Å². The van der Waals surface area contributed by atoms with Crippen LogP contribution in [0.4, 0.5) is 63.1 Å². The van der Waals surface area contributed by atoms with E-state index < -0.39 is 23.3 Å². The van der Waals surface area contributed by atoms with Gasteiger partial charge >= 0.3 is 0 Å². The Labute approximate surface area is 288 Å². The van der Waals surface area contributed by atoms with E-state index in [0.29, 0.717) is 73.8 Å². The number of fused-ring (bicyclic) bond motifs is 2. The van der Waals surface area contributed by atoms with Crippen LogP contribution in [0.1, 0.15) is 22.3 Å². The molecule has 2 heterocycles. The Morgan fingerprint density at radius 2 is 0.700 bits per heavy atom. The summed E-state index contributed by atoms with van der Waals surface area (Å²) in [6.45, 7) is 7.37. The summed E-state index contributed by atoms with van der Waals surface area (Å²) in [6.07, 6.45) is 0. The van der Waals surface area contributed by atoms with Crippen molar-refractivity contribution in [2.24, 2.45) is 0 Å². The van der Waals surface area contributed by atoms with Crippen molar-refractivity contribution in [2.45, 2.75) is 27.7 Å². The molecule has 248 valence electrons. The molecule has 50 heavy (non-hydrogen) atoms. The molecular weight excluding hydrogens is 636 g/mol. The zero-order valence-electron chi connectivity index (χ0n) is 27.8. The van der Waals surface area contributed by atoms with Gasteiger partial charge in [-0.05, 0) is 141 Å². The lowest BCUT2D eigenvalue weighted by Gasteiger charge is -2.35. The second-order valence-corrected chi connectivity index (χ2v) is 12.9. The number of rotatable bonds is 4. The molecule has 0 radical (unpaired) electrons. The lowest BCUT2D eigenvalue weighted by atomic mass is 10.1. The first kappa shape index (κ1) is 31.3. The first-order valence-electron chi connectivity index (χ1n) is 16.3. The van der Waals surface area contributed by atoms with Crippen molar-refractivity contribution >= 4 is 45.5 Å². The fourth-order valence-electron chi connectivity index (χ4n) is 7.13. The Morgan fingerprint density at radius 1 is 0.340 bits per heavy atom. The van der Waals surface area contributed by atoms with Crippen LogP contribution in [0.25, 0.3) is 0 Å². The number of aryl methyl sites for hydroxylation is 4. The molecule has 0 saturated carbocycles. The third kappa shape index (κ3) is 5.15. The van der Waals surface area contributed by atoms with Crippen LogP contribution in [0.15, 0.2) is 133 Å². The molecule has 0 saturated heterocycles. The van der Waals surface area contributed by atoms with Crippen LogP contribution in [0.3, 0.4) is 0 Å². The van der Waals surface area contributed by atoms with Gasteiger partial charge in [0.15, 0.2) is 11.6 Å². The van der Waals surface area contributed by atoms with Crippen LogP contribution >= 0.6 is 0 Å². The summed E-state index contributed by atoms with van der Waals surface area (Å²) in [7, 11) is 0. The van der Waals surface area contributed by atoms with E-state index in [2.05, 4.69) is 0 Å². The van der Waals surface area contributed by atoms with Gasteiger partial charge in [-0.2, -0.15) is 0 Å². The van der Waals surface area contributed by atoms with Gasteiger partial charge in [-0.1, -0.05) is 30.3 Å². The minimum Gasteiger partial charge on any atom is -0.291 e. The van der Waals surface area contributed by atoms with Crippen molar-refractivity contribution in [3.63, 3.8) is 0 Å². The first-order chi connectivity index (χ1) is 24.1. The molecule has 0 aromatic heterocycles. The SMILES string of the molecule is Cc1cc(F)cc(N2C(=C3N(c4cc(C)cc(F)c4)c4ccccc4N3c3cc(F)ccc3C)N(c3cc(C)cc(F)c3)c3ccccc32)c1. The van der Waals surface area contributed by atoms with Crippen LogP contribution in [0.2, 0.25) is 0 Å². The van der Waals surface area contributed by atoms with Crippen molar-refractivity contribution < 1.29 is 17.6 Å². The number of anilines is 8. The molecule has 0 atom stereocenters. The van der Waals surface area contributed by atoms with E-state index in [9.17, 15) is 0 Å². The van der Waals surface area contributed by atoms with Gasteiger partial charge in [0.2, 0.25) is 0 Å². The van der Waals surface area contributed by atoms with Gasteiger partial charge in [-0.25, -0.2) is 17.6 Å². The van der Waals surface area contributed by atoms with Crippen LogP contribution in [0.5, 0.6) is 0 Å². The summed E-state index contributed by atoms with van der Waals surface area (Å²) in [5.74, 6) is -0.698. The van der Waals surface area contributed by atoms with Crippen LogP contribution in [-0.4, -0.2) is 0 Å². The fraction of sp³-hybridized carbons (Fsp3) is 0.0952. The molecule has 6 aromatic carbocycles. The van der Waals surface area contributed by atoms with Gasteiger partial charge in [0, 0.05) is 0 Å². The maximum absolute atomic E-state index is 15.4. The molecular formula is C42H32F4N4. The summed E-state index contributed by atoms with van der Waals surface area (Å²) < 4.78 is 61.4. The molecule has 0 fully saturated rings. The third-order valence-corrected chi connectivity index (χ3v) is 9.04. The number of halogens is 4. The quantitative estimate of drug-likeness (QED) is 0.173. The van der Waals surface area contributed by atoms with E-state index >= 15 is 17.6 Å². The van der Waals surface area contributed by atoms with Gasteiger partial charge < -0.3 is 0 Å². The zero-order chi connectivity index (χ0) is 34.8. The van der Waals surface area contributed by atoms with Gasteiger partial charge in [-0.3, -0.25) is 19.6 Å². The molecule has 2 aliphatic rings. The Balaban J connectivity index is 1.58. The lowest BCUT2D eigenvalue weighted by Crippen LogP contribution is -2.34. The highest BCUT2D eigenvalue weighted by atomic mass is 19.1. The molecule has 8 rings (SSSR count). The molecule has 6 aromatic rings. The predicted molar refractivity (Wildman–Crippen MR) is 193 cm³/mol. The van der Waals surface area contributed by atoms with E-state index in [0.717, 1.165) is 5.56 Å². The van der Waals surface area contributed by atoms with Crippen molar-refractivity contribution in [2.75, 3.05) is 19.6 Å². The Hall–Kier alpha value is -6.02. The average molecular weight is 669 g/mol. The monoisotopic (exact) mass is 668 g/mol. The van der Waals surface area contributed by atoms with Crippen LogP contribution < -0.4 is 19.6 Å². The number of nitrogens with zero attached hydrogens (tertiary/aromatic N) is 4. The maximum atomic E-state index is 15.4. The smallest absolute Gasteiger partial charge is 0.166 e. The summed E-state index contributed by atoms with van der Waals surface area (Å²) >= 11 is 0. The molecule has 0 N–H and O–H groups in total. The number of para-hydroxylation sites is 4. The van der Waals surface area contributed by atoms with Crippen molar-refractivity contribution in [1.29, 1.82) is 0 Å². The number of hydrogen-bond acceptors (Lipinski definition) is 4. The minimum absolute atomic E-state index is 0.424. The molecule has 0 bridgehead atoms. The molecule has 8 heteroatoms. The van der Waals surface area contributed by atoms with Gasteiger partial charge in [-0.15, -0.1) is 0 Å². The Kier molecular flexibility index (Phi) is 7.40. The molecule has 0 spiro atoms. The van der Waals surface area contributed by atoms with Crippen LogP contribution in [0, 0.1) is 51.0 Å². The van der Waals surface area contributed by atoms with Gasteiger partial charge in [0.25, 0.3) is 0 Å². The van der Waals surface area contributed by atoms with Crippen LogP contribution in [-0.2, 0) is 0 Å². The largest absolute Gasteiger partial charge is 0.291 e. The number of hydrogen-bond donors (Lipinski definition) is 0. The van der Waals surface area contributed by atoms with Gasteiger partial charge in [0.1, 0.15) is 23.3 Å². The molecule has 0 unspecified atom stereocenters. The van der Waals surface area contributed by atoms with E-state index in [1.54, 1.807) is 6.07 Å². The summed E-state index contributed by atoms with van der Waals surface area (Å²) in [5.41, 5.74) is 7.87. The average Bonchev–Trinajstić information content (AvgIpc) is 3.58. The summed E-state index contributed by atoms with van der Waals surface area (Å²) in [5, 5.41) is 0. The molecule has 4 nitrogen and oxygen atoms in total. The van der Waals surface area contributed by atoms with E-state index in [4.69, 9.17) is 0 Å². The van der Waals surface area contributed by atoms with Gasteiger partial charge in [0.05, 0.1) is 45.5 Å². The minimum atomic E-state index is -0.433. The van der Waals surface area contributed by atoms with E-state index in [1.807, 2.05) is 114 Å². The summed E-state index contributed by atoms with van der Waals surface area (Å²) in [6, 6.07) is 34.3. The molecule has 0 aliphatic carbocycles. The van der Waals surface area contributed by atoms with E-state index in [-0.39, 0.29) is 0 Å². The highest BCUT2D eigenvalue weighted by Gasteiger charge is 2.45. The lowest BCUT2D eigenvalue weighted by molar-refractivity contribution is 0.625. The summed E-state index contributed by atoms with van der Waals surface area (Å²) in [4.78, 5) is 7.77. The normalized spacial score (nSPS) is 13.8. The van der Waals surface area contributed by atoms with Crippen molar-refractivity contribution in [3.8, 4) is 0 Å². The maximum Gasteiger partial charge on any atom is 0.166 e. The molecule has 0 amide bonds. The van der Waals surface area contributed by atoms with E-state index in [1.165, 1.54) is 48.5 Å². The Bertz CT molecular complexity index is 2230. The first-order valence-corrected chi connectivity index (χ1v) is 16.3. The Morgan fingerprint density at radius 3 is 1.08 bits per heavy atom.